The molecule has 4 heterocycles. The molecule has 1 atom stereocenters. The third-order valence-electron chi connectivity index (χ3n) is 7.10. The van der Waals surface area contributed by atoms with E-state index in [1.54, 1.807) is 51.8 Å². The van der Waals surface area contributed by atoms with Crippen LogP contribution in [0, 0.1) is 5.82 Å². The van der Waals surface area contributed by atoms with Gasteiger partial charge in [0.25, 0.3) is 5.56 Å². The highest BCUT2D eigenvalue weighted by Gasteiger charge is 2.45. The summed E-state index contributed by atoms with van der Waals surface area (Å²) >= 11 is 0. The fourth-order valence-electron chi connectivity index (χ4n) is 5.07. The minimum atomic E-state index is -1.92. The lowest BCUT2D eigenvalue weighted by molar-refractivity contribution is -0.172. The summed E-state index contributed by atoms with van der Waals surface area (Å²) in [5, 5.41) is 11.7. The fraction of sp³-hybridized carbons (Fsp3) is 0.379. The largest absolute Gasteiger partial charge is 0.458 e. The molecule has 2 aliphatic heterocycles. The third-order valence-corrected chi connectivity index (χ3v) is 7.10. The van der Waals surface area contributed by atoms with Crippen molar-refractivity contribution in [3.63, 3.8) is 0 Å². The predicted octanol–water partition coefficient (Wildman–Crippen LogP) is 3.55. The number of rotatable bonds is 5. The molecule has 3 aromatic rings. The van der Waals surface area contributed by atoms with Gasteiger partial charge in [-0.2, -0.15) is 0 Å². The van der Waals surface area contributed by atoms with Gasteiger partial charge in [0.15, 0.2) is 5.60 Å². The molecule has 0 fully saturated rings. The number of aliphatic hydroxyl groups is 1. The second kappa shape index (κ2) is 9.01. The second-order valence-electron chi connectivity index (χ2n) is 11.1. The summed E-state index contributed by atoms with van der Waals surface area (Å²) in [5.41, 5.74) is -0.00587. The van der Waals surface area contributed by atoms with Crippen LogP contribution in [0.5, 0.6) is 0 Å². The maximum atomic E-state index is 15.3. The number of aromatic nitrogens is 2. The molecule has 39 heavy (non-hydrogen) atoms. The maximum absolute atomic E-state index is 15.3. The number of ether oxygens (including phenoxy) is 2. The Bertz CT molecular complexity index is 1640. The van der Waals surface area contributed by atoms with Gasteiger partial charge in [-0.1, -0.05) is 13.5 Å². The minimum Gasteiger partial charge on any atom is -0.458 e. The summed E-state index contributed by atoms with van der Waals surface area (Å²) in [6, 6.07) is 6.40. The van der Waals surface area contributed by atoms with Gasteiger partial charge in [0.05, 0.1) is 34.7 Å². The van der Waals surface area contributed by atoms with Gasteiger partial charge in [-0.3, -0.25) is 4.79 Å². The zero-order valence-electron chi connectivity index (χ0n) is 22.6. The Morgan fingerprint density at radius 3 is 2.67 bits per heavy atom. The molecule has 10 heteroatoms. The highest BCUT2D eigenvalue weighted by atomic mass is 19.1. The zero-order chi connectivity index (χ0) is 28.4. The van der Waals surface area contributed by atoms with Crippen LogP contribution in [-0.2, 0) is 37.8 Å². The number of fused-ring (bicyclic) bond motifs is 5. The Kier molecular flexibility index (Phi) is 6.14. The minimum absolute atomic E-state index is 0.0432. The lowest BCUT2D eigenvalue weighted by atomic mass is 9.86. The summed E-state index contributed by atoms with van der Waals surface area (Å²) in [4.78, 5) is 44.3. The number of carbonyl (C=O) groups excluding carboxylic acids is 2. The second-order valence-corrected chi connectivity index (χ2v) is 11.1. The molecule has 0 saturated heterocycles. The first kappa shape index (κ1) is 26.6. The summed E-state index contributed by atoms with van der Waals surface area (Å²) in [6.07, 6.45) is 0.0432. The van der Waals surface area contributed by atoms with Crippen molar-refractivity contribution in [1.82, 2.24) is 9.55 Å². The quantitative estimate of drug-likeness (QED) is 0.305. The van der Waals surface area contributed by atoms with E-state index in [1.165, 1.54) is 10.6 Å². The number of esters is 2. The van der Waals surface area contributed by atoms with Gasteiger partial charge in [-0.05, 0) is 45.4 Å². The number of nitrogens with zero attached hydrogens (tertiary/aromatic N) is 3. The summed E-state index contributed by atoms with van der Waals surface area (Å²) in [7, 11) is 1.65. The average molecular weight is 536 g/mol. The summed E-state index contributed by atoms with van der Waals surface area (Å²) in [5.74, 6) is -1.89. The normalized spacial score (nSPS) is 17.8. The Morgan fingerprint density at radius 2 is 2.00 bits per heavy atom. The molecule has 0 bridgehead atoms. The Balaban J connectivity index is 1.52. The number of anilines is 1. The highest BCUT2D eigenvalue weighted by molar-refractivity contribution is 5.90. The first-order valence-corrected chi connectivity index (χ1v) is 12.7. The number of hydrogen-bond donors (Lipinski definition) is 1. The molecule has 1 aromatic carbocycles. The Morgan fingerprint density at radius 1 is 1.28 bits per heavy atom. The molecule has 0 aliphatic carbocycles. The van der Waals surface area contributed by atoms with E-state index in [9.17, 15) is 19.5 Å². The van der Waals surface area contributed by atoms with E-state index in [2.05, 4.69) is 11.6 Å². The molecule has 5 rings (SSSR count). The molecular weight excluding hydrogens is 505 g/mol. The smallest absolute Gasteiger partial charge is 0.343 e. The van der Waals surface area contributed by atoms with Crippen molar-refractivity contribution in [2.45, 2.75) is 58.5 Å². The molecule has 0 spiro atoms. The topological polar surface area (TPSA) is 111 Å². The van der Waals surface area contributed by atoms with Crippen molar-refractivity contribution >= 4 is 28.5 Å². The van der Waals surface area contributed by atoms with Crippen molar-refractivity contribution in [1.29, 1.82) is 0 Å². The van der Waals surface area contributed by atoms with Gasteiger partial charge in [-0.25, -0.2) is 19.0 Å². The number of likely N-dealkylation sites (N-methyl/N-ethyl adjacent to an activating group) is 1. The van der Waals surface area contributed by atoms with E-state index in [0.29, 0.717) is 22.3 Å². The number of pyridine rings is 2. The predicted molar refractivity (Wildman–Crippen MR) is 143 cm³/mol. The number of cyclic esters (lactones) is 1. The van der Waals surface area contributed by atoms with Crippen molar-refractivity contribution in [3.8, 4) is 11.4 Å². The number of benzene rings is 1. The van der Waals surface area contributed by atoms with Crippen LogP contribution in [0.3, 0.4) is 0 Å². The number of halogens is 1. The van der Waals surface area contributed by atoms with Gasteiger partial charge in [0, 0.05) is 41.7 Å². The van der Waals surface area contributed by atoms with Crippen molar-refractivity contribution in [2.75, 3.05) is 18.5 Å². The number of hydrogen-bond acceptors (Lipinski definition) is 8. The zero-order valence-corrected chi connectivity index (χ0v) is 22.6. The van der Waals surface area contributed by atoms with E-state index in [4.69, 9.17) is 9.47 Å². The van der Waals surface area contributed by atoms with Crippen molar-refractivity contribution < 1.29 is 28.6 Å². The van der Waals surface area contributed by atoms with Crippen LogP contribution in [0.1, 0.15) is 50.8 Å². The Labute approximate surface area is 224 Å². The van der Waals surface area contributed by atoms with Gasteiger partial charge in [0.2, 0.25) is 0 Å². The van der Waals surface area contributed by atoms with Crippen LogP contribution in [0.25, 0.3) is 22.3 Å². The molecule has 2 aliphatic rings. The van der Waals surface area contributed by atoms with Gasteiger partial charge >= 0.3 is 11.9 Å². The van der Waals surface area contributed by atoms with E-state index in [1.807, 2.05) is 6.07 Å². The number of carbonyl (C=O) groups is 2. The monoisotopic (exact) mass is 535 g/mol. The summed E-state index contributed by atoms with van der Waals surface area (Å²) in [6.45, 7) is 10.8. The molecular formula is C29H30FN3O6. The van der Waals surface area contributed by atoms with Gasteiger partial charge in [0.1, 0.15) is 18.0 Å². The molecule has 0 unspecified atom stereocenters. The average Bonchev–Trinajstić information content (AvgIpc) is 3.21. The molecule has 0 saturated carbocycles. The third kappa shape index (κ3) is 4.38. The molecule has 0 radical (unpaired) electrons. The van der Waals surface area contributed by atoms with Gasteiger partial charge < -0.3 is 24.0 Å². The highest BCUT2D eigenvalue weighted by Crippen LogP contribution is 2.39. The first-order chi connectivity index (χ1) is 18.2. The van der Waals surface area contributed by atoms with E-state index in [0.717, 1.165) is 5.56 Å². The van der Waals surface area contributed by atoms with Gasteiger partial charge in [-0.15, -0.1) is 0 Å². The van der Waals surface area contributed by atoms with Crippen LogP contribution >= 0.6 is 0 Å². The van der Waals surface area contributed by atoms with Crippen LogP contribution in [0.4, 0.5) is 10.1 Å². The van der Waals surface area contributed by atoms with Crippen molar-refractivity contribution in [2.24, 2.45) is 0 Å². The molecule has 9 nitrogen and oxygen atoms in total. The first-order valence-electron chi connectivity index (χ1n) is 12.7. The van der Waals surface area contributed by atoms with E-state index in [-0.39, 0.29) is 54.1 Å². The molecule has 1 N–H and O–H groups in total. The Hall–Kier alpha value is -4.05. The standard InChI is InChI=1S/C29H30FN3O6/c1-7-29(37)19-10-23-24-17(13-33(23)25(34)18(19)14-38-27(29)36)8-16-9-22(20(30)11-21(16)31-24)32(6)12-15(2)26(35)39-28(3,4)5/h8-11,37H,2,7,12-14H2,1,3-6H3/t29-/m0/s1. The van der Waals surface area contributed by atoms with E-state index >= 15 is 4.39 Å². The van der Waals surface area contributed by atoms with Crippen LogP contribution in [0.2, 0.25) is 0 Å². The molecule has 2 aromatic heterocycles. The van der Waals surface area contributed by atoms with Crippen LogP contribution in [-0.4, -0.2) is 45.8 Å². The fourth-order valence-corrected chi connectivity index (χ4v) is 5.07. The molecule has 0 amide bonds. The van der Waals surface area contributed by atoms with E-state index < -0.39 is 29.0 Å². The van der Waals surface area contributed by atoms with Crippen LogP contribution in [0.15, 0.2) is 41.2 Å². The molecule has 204 valence electrons. The van der Waals surface area contributed by atoms with Crippen LogP contribution < -0.4 is 10.5 Å². The van der Waals surface area contributed by atoms with Crippen molar-refractivity contribution in [3.05, 3.63) is 69.3 Å². The lowest BCUT2D eigenvalue weighted by Gasteiger charge is -2.31. The maximum Gasteiger partial charge on any atom is 0.343 e. The SMILES string of the molecule is C=C(CN(C)c1cc2cc3c(nc2cc1F)-c1cc2c(c(=O)n1C3)COC(=O)[C@]2(O)CC)C(=O)OC(C)(C)C. The lowest BCUT2D eigenvalue weighted by Crippen LogP contribution is -2.44. The summed E-state index contributed by atoms with van der Waals surface area (Å²) < 4.78 is 27.2.